The Morgan fingerprint density at radius 2 is 1.89 bits per heavy atom. The van der Waals surface area contributed by atoms with Gasteiger partial charge in [0.25, 0.3) is 0 Å². The maximum atomic E-state index is 13.9. The molecule has 0 aliphatic heterocycles. The van der Waals surface area contributed by atoms with E-state index < -0.39 is 0 Å². The summed E-state index contributed by atoms with van der Waals surface area (Å²) in [5, 5.41) is 3.19. The van der Waals surface area contributed by atoms with Crippen LogP contribution >= 0.6 is 15.9 Å². The fraction of sp³-hybridized carbons (Fsp3) is 0.250. The van der Waals surface area contributed by atoms with Crippen molar-refractivity contribution in [2.45, 2.75) is 12.3 Å². The number of hydrogen-bond acceptors (Lipinski definition) is 1. The van der Waals surface area contributed by atoms with Gasteiger partial charge in [0.2, 0.25) is 0 Å². The maximum Gasteiger partial charge on any atom is 0.127 e. The van der Waals surface area contributed by atoms with E-state index in [0.29, 0.717) is 6.42 Å². The Hall–Kier alpha value is -1.19. The molecule has 0 saturated carbocycles. The lowest BCUT2D eigenvalue weighted by molar-refractivity contribution is 0.574. The van der Waals surface area contributed by atoms with Crippen molar-refractivity contribution in [1.29, 1.82) is 0 Å². The van der Waals surface area contributed by atoms with Gasteiger partial charge in [0.15, 0.2) is 0 Å². The van der Waals surface area contributed by atoms with Crippen molar-refractivity contribution < 1.29 is 4.39 Å². The molecular weight excluding hydrogens is 305 g/mol. The Kier molecular flexibility index (Phi) is 5.11. The molecule has 1 unspecified atom stereocenters. The third kappa shape index (κ3) is 3.88. The van der Waals surface area contributed by atoms with E-state index in [1.807, 2.05) is 37.4 Å². The van der Waals surface area contributed by atoms with E-state index in [1.165, 1.54) is 11.6 Å². The first-order chi connectivity index (χ1) is 9.20. The fourth-order valence-electron chi connectivity index (χ4n) is 2.23. The molecule has 3 heteroatoms. The lowest BCUT2D eigenvalue weighted by Crippen LogP contribution is -2.19. The summed E-state index contributed by atoms with van der Waals surface area (Å²) in [7, 11) is 1.92. The number of rotatable bonds is 5. The maximum absolute atomic E-state index is 13.9. The first-order valence-electron chi connectivity index (χ1n) is 6.34. The average Bonchev–Trinajstić information content (AvgIpc) is 2.42. The molecule has 0 amide bonds. The highest BCUT2D eigenvalue weighted by molar-refractivity contribution is 9.10. The molecule has 0 spiro atoms. The second-order valence-electron chi connectivity index (χ2n) is 4.61. The van der Waals surface area contributed by atoms with Gasteiger partial charge in [-0.3, -0.25) is 0 Å². The number of nitrogens with one attached hydrogen (secondary N) is 1. The fourth-order valence-corrected chi connectivity index (χ4v) is 2.57. The summed E-state index contributed by atoms with van der Waals surface area (Å²) in [6.07, 6.45) is 0.698. The minimum atomic E-state index is -0.147. The second kappa shape index (κ2) is 6.83. The minimum absolute atomic E-state index is 0.147. The first-order valence-corrected chi connectivity index (χ1v) is 7.13. The van der Waals surface area contributed by atoms with Crippen molar-refractivity contribution in [3.8, 4) is 0 Å². The van der Waals surface area contributed by atoms with Gasteiger partial charge in [-0.25, -0.2) is 4.39 Å². The van der Waals surface area contributed by atoms with Crippen LogP contribution in [-0.4, -0.2) is 13.6 Å². The van der Waals surface area contributed by atoms with E-state index in [2.05, 4.69) is 33.4 Å². The molecule has 0 heterocycles. The molecule has 1 nitrogen and oxygen atoms in total. The molecule has 0 bridgehead atoms. The molecule has 2 aromatic rings. The summed E-state index contributed by atoms with van der Waals surface area (Å²) < 4.78 is 14.7. The van der Waals surface area contributed by atoms with Gasteiger partial charge in [-0.15, -0.1) is 0 Å². The SMILES string of the molecule is CNCC(Cc1ccc(Br)cc1F)c1ccccc1. The second-order valence-corrected chi connectivity index (χ2v) is 5.52. The van der Waals surface area contributed by atoms with Crippen LogP contribution in [0, 0.1) is 5.82 Å². The third-order valence-corrected chi connectivity index (χ3v) is 3.70. The van der Waals surface area contributed by atoms with Gasteiger partial charge in [-0.05, 0) is 36.7 Å². The van der Waals surface area contributed by atoms with Crippen molar-refractivity contribution in [2.24, 2.45) is 0 Å². The summed E-state index contributed by atoms with van der Waals surface area (Å²) in [5.41, 5.74) is 1.99. The van der Waals surface area contributed by atoms with Gasteiger partial charge in [0.05, 0.1) is 0 Å². The highest BCUT2D eigenvalue weighted by Crippen LogP contribution is 2.23. The molecule has 2 rings (SSSR count). The molecule has 2 aromatic carbocycles. The predicted molar refractivity (Wildman–Crippen MR) is 80.9 cm³/mol. The van der Waals surface area contributed by atoms with Gasteiger partial charge in [-0.1, -0.05) is 52.3 Å². The molecule has 0 fully saturated rings. The molecule has 0 saturated heterocycles. The van der Waals surface area contributed by atoms with Crippen LogP contribution in [0.2, 0.25) is 0 Å². The minimum Gasteiger partial charge on any atom is -0.319 e. The monoisotopic (exact) mass is 321 g/mol. The van der Waals surface area contributed by atoms with Crippen molar-refractivity contribution >= 4 is 15.9 Å². The Balaban J connectivity index is 2.21. The molecule has 19 heavy (non-hydrogen) atoms. The third-order valence-electron chi connectivity index (χ3n) is 3.20. The van der Waals surface area contributed by atoms with Crippen LogP contribution in [0.25, 0.3) is 0 Å². The van der Waals surface area contributed by atoms with Crippen LogP contribution in [0.1, 0.15) is 17.0 Å². The predicted octanol–water partition coefficient (Wildman–Crippen LogP) is 4.13. The molecular formula is C16H17BrFN. The molecule has 1 atom stereocenters. The zero-order valence-corrected chi connectivity index (χ0v) is 12.5. The highest BCUT2D eigenvalue weighted by atomic mass is 79.9. The molecule has 0 aromatic heterocycles. The standard InChI is InChI=1S/C16H17BrFN/c1-19-11-14(12-5-3-2-4-6-12)9-13-7-8-15(17)10-16(13)18/h2-8,10,14,19H,9,11H2,1H3. The van der Waals surface area contributed by atoms with Crippen LogP contribution < -0.4 is 5.32 Å². The summed E-state index contributed by atoms with van der Waals surface area (Å²) in [5.74, 6) is 0.133. The van der Waals surface area contributed by atoms with Crippen molar-refractivity contribution in [3.05, 3.63) is 69.9 Å². The summed E-state index contributed by atoms with van der Waals surface area (Å²) >= 11 is 3.29. The van der Waals surface area contributed by atoms with Crippen LogP contribution in [0.15, 0.2) is 53.0 Å². The lowest BCUT2D eigenvalue weighted by Gasteiger charge is -2.17. The van der Waals surface area contributed by atoms with E-state index >= 15 is 0 Å². The van der Waals surface area contributed by atoms with Crippen LogP contribution in [0.4, 0.5) is 4.39 Å². The molecule has 0 radical (unpaired) electrons. The Labute approximate surface area is 122 Å². The highest BCUT2D eigenvalue weighted by Gasteiger charge is 2.14. The summed E-state index contributed by atoms with van der Waals surface area (Å²) in [4.78, 5) is 0. The normalized spacial score (nSPS) is 12.4. The van der Waals surface area contributed by atoms with Crippen molar-refractivity contribution in [3.63, 3.8) is 0 Å². The van der Waals surface area contributed by atoms with E-state index in [1.54, 1.807) is 0 Å². The van der Waals surface area contributed by atoms with E-state index in [4.69, 9.17) is 0 Å². The molecule has 100 valence electrons. The number of halogens is 2. The van der Waals surface area contributed by atoms with Gasteiger partial charge < -0.3 is 5.32 Å². The smallest absolute Gasteiger partial charge is 0.127 e. The Morgan fingerprint density at radius 1 is 1.16 bits per heavy atom. The summed E-state index contributed by atoms with van der Waals surface area (Å²) in [6.45, 7) is 0.833. The van der Waals surface area contributed by atoms with Gasteiger partial charge in [-0.2, -0.15) is 0 Å². The zero-order chi connectivity index (χ0) is 13.7. The van der Waals surface area contributed by atoms with Gasteiger partial charge in [0, 0.05) is 16.9 Å². The topological polar surface area (TPSA) is 12.0 Å². The zero-order valence-electron chi connectivity index (χ0n) is 10.9. The van der Waals surface area contributed by atoms with Gasteiger partial charge >= 0.3 is 0 Å². The lowest BCUT2D eigenvalue weighted by atomic mass is 9.92. The quantitative estimate of drug-likeness (QED) is 0.873. The largest absolute Gasteiger partial charge is 0.319 e. The number of hydrogen-bond donors (Lipinski definition) is 1. The van der Waals surface area contributed by atoms with Gasteiger partial charge in [0.1, 0.15) is 5.82 Å². The van der Waals surface area contributed by atoms with E-state index in [-0.39, 0.29) is 11.7 Å². The molecule has 1 N–H and O–H groups in total. The average molecular weight is 322 g/mol. The van der Waals surface area contributed by atoms with Crippen LogP contribution in [0.3, 0.4) is 0 Å². The number of likely N-dealkylation sites (N-methyl/N-ethyl adjacent to an activating group) is 1. The Morgan fingerprint density at radius 3 is 2.53 bits per heavy atom. The molecule has 0 aliphatic rings. The van der Waals surface area contributed by atoms with Crippen molar-refractivity contribution in [2.75, 3.05) is 13.6 Å². The number of benzene rings is 2. The van der Waals surface area contributed by atoms with E-state index in [0.717, 1.165) is 16.6 Å². The van der Waals surface area contributed by atoms with Crippen LogP contribution in [-0.2, 0) is 6.42 Å². The first kappa shape index (κ1) is 14.2. The summed E-state index contributed by atoms with van der Waals surface area (Å²) in [6, 6.07) is 15.5. The Bertz CT molecular complexity index is 528. The van der Waals surface area contributed by atoms with E-state index in [9.17, 15) is 4.39 Å². The van der Waals surface area contributed by atoms with Crippen LogP contribution in [0.5, 0.6) is 0 Å². The molecule has 0 aliphatic carbocycles. The van der Waals surface area contributed by atoms with Crippen molar-refractivity contribution in [1.82, 2.24) is 5.32 Å².